The quantitative estimate of drug-likeness (QED) is 0.689. The molecule has 8 heteroatoms. The van der Waals surface area contributed by atoms with Gasteiger partial charge in [0.15, 0.2) is 6.61 Å². The fourth-order valence-corrected chi connectivity index (χ4v) is 5.19. The van der Waals surface area contributed by atoms with Crippen LogP contribution in [0.1, 0.15) is 43.4 Å². The molecule has 1 fully saturated rings. The minimum atomic E-state index is -3.49. The van der Waals surface area contributed by atoms with Crippen molar-refractivity contribution >= 4 is 27.5 Å². The maximum atomic E-state index is 12.8. The number of rotatable bonds is 7. The molecule has 0 radical (unpaired) electrons. The first kappa shape index (κ1) is 22.6. The molecule has 6 nitrogen and oxygen atoms in total. The van der Waals surface area contributed by atoms with Crippen molar-refractivity contribution in [2.24, 2.45) is 0 Å². The zero-order valence-electron chi connectivity index (χ0n) is 17.2. The number of aryl methyl sites for hydroxylation is 1. The smallest absolute Gasteiger partial charge is 0.258 e. The third-order valence-corrected chi connectivity index (χ3v) is 7.35. The van der Waals surface area contributed by atoms with Crippen LogP contribution in [0.25, 0.3) is 0 Å². The van der Waals surface area contributed by atoms with E-state index in [1.54, 1.807) is 37.3 Å². The third-order valence-electron chi connectivity index (χ3n) is 5.21. The molecule has 1 N–H and O–H groups in total. The number of amides is 1. The van der Waals surface area contributed by atoms with Crippen molar-refractivity contribution in [3.63, 3.8) is 0 Å². The number of ether oxygens (including phenoxy) is 1. The van der Waals surface area contributed by atoms with Crippen molar-refractivity contribution in [3.05, 3.63) is 58.6 Å². The van der Waals surface area contributed by atoms with Crippen molar-refractivity contribution in [2.75, 3.05) is 19.7 Å². The molecular formula is C22H27ClN2O4S. The van der Waals surface area contributed by atoms with Crippen molar-refractivity contribution < 1.29 is 17.9 Å². The van der Waals surface area contributed by atoms with Crippen LogP contribution in [0.2, 0.25) is 5.02 Å². The third kappa shape index (κ3) is 5.53. The lowest BCUT2D eigenvalue weighted by Crippen LogP contribution is -2.35. The molecule has 0 saturated carbocycles. The number of nitrogens with one attached hydrogen (secondary N) is 1. The van der Waals surface area contributed by atoms with Crippen LogP contribution in [0.3, 0.4) is 0 Å². The summed E-state index contributed by atoms with van der Waals surface area (Å²) in [5.74, 6) is 0.226. The lowest BCUT2D eigenvalue weighted by molar-refractivity contribution is -0.123. The lowest BCUT2D eigenvalue weighted by atomic mass is 10.1. The largest absolute Gasteiger partial charge is 0.484 e. The molecule has 2 aromatic carbocycles. The lowest BCUT2D eigenvalue weighted by Gasteiger charge is -2.26. The normalized spacial score (nSPS) is 16.1. The van der Waals surface area contributed by atoms with Gasteiger partial charge in [-0.25, -0.2) is 8.42 Å². The topological polar surface area (TPSA) is 75.7 Å². The van der Waals surface area contributed by atoms with Gasteiger partial charge in [0.05, 0.1) is 10.9 Å². The summed E-state index contributed by atoms with van der Waals surface area (Å²) in [5.41, 5.74) is 1.61. The molecule has 0 aliphatic carbocycles. The number of nitrogens with zero attached hydrogens (tertiary/aromatic N) is 1. The summed E-state index contributed by atoms with van der Waals surface area (Å²) >= 11 is 5.89. The number of halogens is 1. The Balaban J connectivity index is 1.59. The molecule has 0 spiro atoms. The van der Waals surface area contributed by atoms with E-state index in [9.17, 15) is 13.2 Å². The summed E-state index contributed by atoms with van der Waals surface area (Å²) in [5, 5.41) is 3.51. The highest BCUT2D eigenvalue weighted by Gasteiger charge is 2.26. The second-order valence-corrected chi connectivity index (χ2v) is 9.90. The zero-order chi connectivity index (χ0) is 21.7. The fraction of sp³-hybridized carbons (Fsp3) is 0.409. The van der Waals surface area contributed by atoms with E-state index in [-0.39, 0.29) is 23.5 Å². The Bertz CT molecular complexity index is 987. The average molecular weight is 451 g/mol. The van der Waals surface area contributed by atoms with Gasteiger partial charge in [0.25, 0.3) is 5.91 Å². The molecule has 3 rings (SSSR count). The maximum Gasteiger partial charge on any atom is 0.258 e. The first-order valence-corrected chi connectivity index (χ1v) is 11.9. The molecule has 1 unspecified atom stereocenters. The van der Waals surface area contributed by atoms with E-state index in [0.29, 0.717) is 29.4 Å². The molecule has 0 bridgehead atoms. The predicted octanol–water partition coefficient (Wildman–Crippen LogP) is 4.08. The molecule has 2 aromatic rings. The summed E-state index contributed by atoms with van der Waals surface area (Å²) in [4.78, 5) is 12.5. The molecule has 1 amide bonds. The first-order chi connectivity index (χ1) is 14.3. The number of carbonyl (C=O) groups excluding carboxylic acids is 1. The highest BCUT2D eigenvalue weighted by Crippen LogP contribution is 2.26. The van der Waals surface area contributed by atoms with Crippen LogP contribution < -0.4 is 10.1 Å². The van der Waals surface area contributed by atoms with Gasteiger partial charge in [-0.2, -0.15) is 4.31 Å². The molecule has 1 atom stereocenters. The Morgan fingerprint density at radius 1 is 1.13 bits per heavy atom. The Morgan fingerprint density at radius 2 is 1.80 bits per heavy atom. The van der Waals surface area contributed by atoms with E-state index in [0.717, 1.165) is 24.8 Å². The summed E-state index contributed by atoms with van der Waals surface area (Å²) < 4.78 is 32.8. The Morgan fingerprint density at radius 3 is 2.43 bits per heavy atom. The van der Waals surface area contributed by atoms with Crippen molar-refractivity contribution in [1.82, 2.24) is 9.62 Å². The maximum absolute atomic E-state index is 12.8. The fourth-order valence-electron chi connectivity index (χ4n) is 3.46. The zero-order valence-corrected chi connectivity index (χ0v) is 18.8. The van der Waals surface area contributed by atoms with Gasteiger partial charge in [0.1, 0.15) is 5.75 Å². The number of hydrogen-bond donors (Lipinski definition) is 1. The van der Waals surface area contributed by atoms with Crippen LogP contribution in [-0.2, 0) is 14.8 Å². The van der Waals surface area contributed by atoms with Crippen molar-refractivity contribution in [1.29, 1.82) is 0 Å². The number of carbonyl (C=O) groups is 1. The second kappa shape index (κ2) is 9.81. The van der Waals surface area contributed by atoms with Crippen LogP contribution in [0.4, 0.5) is 0 Å². The number of hydrogen-bond acceptors (Lipinski definition) is 4. The van der Waals surface area contributed by atoms with Gasteiger partial charge in [-0.3, -0.25) is 4.79 Å². The molecule has 1 saturated heterocycles. The van der Waals surface area contributed by atoms with Gasteiger partial charge in [-0.1, -0.05) is 30.2 Å². The second-order valence-electron chi connectivity index (χ2n) is 7.52. The highest BCUT2D eigenvalue weighted by atomic mass is 35.5. The van der Waals surface area contributed by atoms with Crippen LogP contribution in [0.5, 0.6) is 5.75 Å². The number of sulfonamides is 1. The monoisotopic (exact) mass is 450 g/mol. The van der Waals surface area contributed by atoms with Gasteiger partial charge in [-0.05, 0) is 68.1 Å². The SMILES string of the molecule is Cc1cc(S(=O)(=O)N2CCCCC2)ccc1OCC(=O)NC(C)c1ccc(Cl)cc1. The van der Waals surface area contributed by atoms with E-state index < -0.39 is 10.0 Å². The molecular weight excluding hydrogens is 424 g/mol. The highest BCUT2D eigenvalue weighted by molar-refractivity contribution is 7.89. The minimum absolute atomic E-state index is 0.156. The van der Waals surface area contributed by atoms with Gasteiger partial charge in [-0.15, -0.1) is 0 Å². The molecule has 1 aliphatic rings. The van der Waals surface area contributed by atoms with Gasteiger partial charge in [0, 0.05) is 18.1 Å². The standard InChI is InChI=1S/C22H27ClN2O4S/c1-16-14-20(30(27,28)25-12-4-3-5-13-25)10-11-21(16)29-15-22(26)24-17(2)18-6-8-19(23)9-7-18/h6-11,14,17H,3-5,12-13,15H2,1-2H3,(H,24,26). The van der Waals surface area contributed by atoms with Crippen LogP contribution in [0, 0.1) is 6.92 Å². The summed E-state index contributed by atoms with van der Waals surface area (Å²) in [7, 11) is -3.49. The van der Waals surface area contributed by atoms with Gasteiger partial charge >= 0.3 is 0 Å². The van der Waals surface area contributed by atoms with Crippen molar-refractivity contribution in [2.45, 2.75) is 44.0 Å². The molecule has 30 heavy (non-hydrogen) atoms. The average Bonchev–Trinajstić information content (AvgIpc) is 2.73. The summed E-state index contributed by atoms with van der Waals surface area (Å²) in [6, 6.07) is 11.9. The van der Waals surface area contributed by atoms with E-state index in [1.165, 1.54) is 4.31 Å². The molecule has 1 aliphatic heterocycles. The Hall–Kier alpha value is -2.09. The minimum Gasteiger partial charge on any atom is -0.484 e. The molecule has 162 valence electrons. The number of piperidine rings is 1. The van der Waals surface area contributed by atoms with E-state index >= 15 is 0 Å². The predicted molar refractivity (Wildman–Crippen MR) is 117 cm³/mol. The van der Waals surface area contributed by atoms with Crippen LogP contribution >= 0.6 is 11.6 Å². The summed E-state index contributed by atoms with van der Waals surface area (Å²) in [6.45, 7) is 4.62. The van der Waals surface area contributed by atoms with Gasteiger partial charge in [0.2, 0.25) is 10.0 Å². The van der Waals surface area contributed by atoms with Crippen molar-refractivity contribution in [3.8, 4) is 5.75 Å². The molecule has 0 aromatic heterocycles. The summed E-state index contributed by atoms with van der Waals surface area (Å²) in [6.07, 6.45) is 2.85. The molecule has 1 heterocycles. The Kier molecular flexibility index (Phi) is 7.39. The van der Waals surface area contributed by atoms with E-state index in [1.807, 2.05) is 19.1 Å². The van der Waals surface area contributed by atoms with E-state index in [4.69, 9.17) is 16.3 Å². The first-order valence-electron chi connectivity index (χ1n) is 10.1. The van der Waals surface area contributed by atoms with Crippen LogP contribution in [-0.4, -0.2) is 38.3 Å². The van der Waals surface area contributed by atoms with Gasteiger partial charge < -0.3 is 10.1 Å². The van der Waals surface area contributed by atoms with E-state index in [2.05, 4.69) is 5.32 Å². The van der Waals surface area contributed by atoms with Crippen LogP contribution in [0.15, 0.2) is 47.4 Å². The Labute approximate surface area is 183 Å². The number of benzene rings is 2.